The standard InChI is InChI=1S/C17H16FN5O4/c18-10-1-2-12-11(7-10)17(8-13(27-12)14(19)24)15(25)23(16(26)21-17)6-5-22-4-3-20-9-22/h1-4,7,9,13H,5-6,8H2,(H2,19,24)(H,21,26). The molecule has 0 saturated carbocycles. The molecule has 1 saturated heterocycles. The molecule has 3 N–H and O–H groups in total. The van der Waals surface area contributed by atoms with E-state index < -0.39 is 35.3 Å². The number of ether oxygens (including phenoxy) is 1. The Bertz CT molecular complexity index is 931. The first-order valence-corrected chi connectivity index (χ1v) is 8.26. The molecule has 2 aromatic rings. The maximum absolute atomic E-state index is 13.8. The number of rotatable bonds is 4. The number of benzene rings is 1. The highest BCUT2D eigenvalue weighted by atomic mass is 19.1. The molecule has 2 unspecified atom stereocenters. The number of primary amides is 1. The molecule has 3 heterocycles. The van der Waals surface area contributed by atoms with Gasteiger partial charge in [0.15, 0.2) is 11.6 Å². The second-order valence-electron chi connectivity index (χ2n) is 6.45. The second-order valence-corrected chi connectivity index (χ2v) is 6.45. The highest BCUT2D eigenvalue weighted by Gasteiger charge is 2.57. The third-order valence-corrected chi connectivity index (χ3v) is 4.80. The van der Waals surface area contributed by atoms with Gasteiger partial charge in [0.05, 0.1) is 6.33 Å². The maximum atomic E-state index is 13.8. The molecule has 1 fully saturated rings. The van der Waals surface area contributed by atoms with E-state index in [-0.39, 0.29) is 24.3 Å². The van der Waals surface area contributed by atoms with Gasteiger partial charge in [-0.15, -0.1) is 0 Å². The molecule has 27 heavy (non-hydrogen) atoms. The Morgan fingerprint density at radius 1 is 1.41 bits per heavy atom. The van der Waals surface area contributed by atoms with E-state index >= 15 is 0 Å². The number of urea groups is 1. The van der Waals surface area contributed by atoms with Crippen molar-refractivity contribution in [2.45, 2.75) is 24.6 Å². The van der Waals surface area contributed by atoms with Crippen molar-refractivity contribution >= 4 is 17.8 Å². The van der Waals surface area contributed by atoms with Crippen molar-refractivity contribution in [3.63, 3.8) is 0 Å². The van der Waals surface area contributed by atoms with Crippen LogP contribution in [0.4, 0.5) is 9.18 Å². The lowest BCUT2D eigenvalue weighted by Crippen LogP contribution is -2.53. The zero-order valence-electron chi connectivity index (χ0n) is 14.1. The van der Waals surface area contributed by atoms with Gasteiger partial charge in [0.2, 0.25) is 0 Å². The molecule has 2 aliphatic rings. The Labute approximate surface area is 152 Å². The van der Waals surface area contributed by atoms with Crippen LogP contribution >= 0.6 is 0 Å². The summed E-state index contributed by atoms with van der Waals surface area (Å²) in [5, 5.41) is 2.63. The van der Waals surface area contributed by atoms with Crippen molar-refractivity contribution in [1.82, 2.24) is 19.8 Å². The first-order chi connectivity index (χ1) is 12.9. The molecule has 9 nitrogen and oxygen atoms in total. The van der Waals surface area contributed by atoms with Gasteiger partial charge in [0, 0.05) is 37.5 Å². The Hall–Kier alpha value is -3.43. The number of carbonyl (C=O) groups is 3. The largest absolute Gasteiger partial charge is 0.480 e. The monoisotopic (exact) mass is 373 g/mol. The number of halogens is 1. The van der Waals surface area contributed by atoms with Crippen molar-refractivity contribution in [3.8, 4) is 5.75 Å². The van der Waals surface area contributed by atoms with Gasteiger partial charge >= 0.3 is 6.03 Å². The molecular formula is C17H16FN5O4. The van der Waals surface area contributed by atoms with Crippen LogP contribution in [0.5, 0.6) is 5.75 Å². The molecule has 1 aromatic carbocycles. The molecule has 10 heteroatoms. The summed E-state index contributed by atoms with van der Waals surface area (Å²) in [5.74, 6) is -1.80. The van der Waals surface area contributed by atoms with Crippen LogP contribution in [0.15, 0.2) is 36.9 Å². The summed E-state index contributed by atoms with van der Waals surface area (Å²) in [6.07, 6.45) is 3.53. The molecule has 0 bridgehead atoms. The molecular weight excluding hydrogens is 357 g/mol. The first-order valence-electron chi connectivity index (χ1n) is 8.26. The number of amides is 4. The topological polar surface area (TPSA) is 120 Å². The molecule has 2 atom stereocenters. The Morgan fingerprint density at radius 3 is 2.93 bits per heavy atom. The lowest BCUT2D eigenvalue weighted by atomic mass is 9.81. The van der Waals surface area contributed by atoms with Crippen LogP contribution in [-0.4, -0.2) is 44.9 Å². The summed E-state index contributed by atoms with van der Waals surface area (Å²) in [5.41, 5.74) is 3.93. The Balaban J connectivity index is 1.70. The normalized spacial score (nSPS) is 23.9. The maximum Gasteiger partial charge on any atom is 0.325 e. The van der Waals surface area contributed by atoms with E-state index in [1.165, 1.54) is 6.07 Å². The molecule has 4 rings (SSSR count). The number of aromatic nitrogens is 2. The van der Waals surface area contributed by atoms with Crippen LogP contribution in [0.3, 0.4) is 0 Å². The second kappa shape index (κ2) is 6.08. The molecule has 1 aromatic heterocycles. The number of hydrogen-bond acceptors (Lipinski definition) is 5. The zero-order chi connectivity index (χ0) is 19.2. The Morgan fingerprint density at radius 2 is 2.22 bits per heavy atom. The van der Waals surface area contributed by atoms with Gasteiger partial charge in [-0.25, -0.2) is 14.2 Å². The van der Waals surface area contributed by atoms with Crippen molar-refractivity contribution in [1.29, 1.82) is 0 Å². The van der Waals surface area contributed by atoms with Crippen LogP contribution in [0, 0.1) is 5.82 Å². The molecule has 4 amide bonds. The third-order valence-electron chi connectivity index (χ3n) is 4.80. The zero-order valence-corrected chi connectivity index (χ0v) is 14.1. The minimum absolute atomic E-state index is 0.0928. The number of fused-ring (bicyclic) bond motifs is 2. The van der Waals surface area contributed by atoms with Gasteiger partial charge < -0.3 is 20.4 Å². The number of imidazole rings is 1. The summed E-state index contributed by atoms with van der Waals surface area (Å²) in [6.45, 7) is 0.441. The fraction of sp³-hybridized carbons (Fsp3) is 0.294. The third kappa shape index (κ3) is 2.69. The van der Waals surface area contributed by atoms with E-state index in [2.05, 4.69) is 10.3 Å². The molecule has 1 spiro atoms. The van der Waals surface area contributed by atoms with Gasteiger partial charge in [0.1, 0.15) is 11.6 Å². The van der Waals surface area contributed by atoms with E-state index in [4.69, 9.17) is 10.5 Å². The lowest BCUT2D eigenvalue weighted by Gasteiger charge is -2.36. The summed E-state index contributed by atoms with van der Waals surface area (Å²) in [7, 11) is 0. The SMILES string of the molecule is NC(=O)C1CC2(NC(=O)N(CCn3ccnc3)C2=O)c2cc(F)ccc2O1. The van der Waals surface area contributed by atoms with Crippen molar-refractivity contribution in [3.05, 3.63) is 48.3 Å². The average Bonchev–Trinajstić information content (AvgIpc) is 3.22. The van der Waals surface area contributed by atoms with Gasteiger partial charge in [-0.3, -0.25) is 14.5 Å². The van der Waals surface area contributed by atoms with Crippen LogP contribution in [0.1, 0.15) is 12.0 Å². The minimum atomic E-state index is -1.60. The molecule has 0 aliphatic carbocycles. The molecule has 140 valence electrons. The van der Waals surface area contributed by atoms with Crippen molar-refractivity contribution in [2.75, 3.05) is 6.54 Å². The lowest BCUT2D eigenvalue weighted by molar-refractivity contribution is -0.135. The van der Waals surface area contributed by atoms with Gasteiger partial charge in [0.25, 0.3) is 11.8 Å². The highest BCUT2D eigenvalue weighted by Crippen LogP contribution is 2.43. The van der Waals surface area contributed by atoms with E-state index in [1.807, 2.05) is 0 Å². The fourth-order valence-corrected chi connectivity index (χ4v) is 3.46. The summed E-state index contributed by atoms with van der Waals surface area (Å²) >= 11 is 0. The van der Waals surface area contributed by atoms with E-state index in [0.717, 1.165) is 17.0 Å². The Kier molecular flexibility index (Phi) is 3.83. The van der Waals surface area contributed by atoms with Gasteiger partial charge in [-0.2, -0.15) is 0 Å². The first kappa shape index (κ1) is 17.0. The summed E-state index contributed by atoms with van der Waals surface area (Å²) in [6, 6.07) is 2.97. The van der Waals surface area contributed by atoms with Crippen LogP contribution in [-0.2, 0) is 21.7 Å². The number of nitrogens with zero attached hydrogens (tertiary/aromatic N) is 3. The van der Waals surface area contributed by atoms with Gasteiger partial charge in [-0.1, -0.05) is 0 Å². The number of imide groups is 1. The van der Waals surface area contributed by atoms with Gasteiger partial charge in [-0.05, 0) is 18.2 Å². The number of carbonyl (C=O) groups excluding carboxylic acids is 3. The molecule has 0 radical (unpaired) electrons. The van der Waals surface area contributed by atoms with E-state index in [0.29, 0.717) is 6.54 Å². The fourth-order valence-electron chi connectivity index (χ4n) is 3.46. The van der Waals surface area contributed by atoms with Crippen LogP contribution in [0.2, 0.25) is 0 Å². The van der Waals surface area contributed by atoms with E-state index in [1.54, 1.807) is 23.3 Å². The molecule has 2 aliphatic heterocycles. The van der Waals surface area contributed by atoms with Crippen molar-refractivity contribution < 1.29 is 23.5 Å². The van der Waals surface area contributed by atoms with E-state index in [9.17, 15) is 18.8 Å². The average molecular weight is 373 g/mol. The van der Waals surface area contributed by atoms with Crippen molar-refractivity contribution in [2.24, 2.45) is 5.73 Å². The van der Waals surface area contributed by atoms with Crippen LogP contribution in [0.25, 0.3) is 0 Å². The van der Waals surface area contributed by atoms with Crippen LogP contribution < -0.4 is 15.8 Å². The predicted octanol–water partition coefficient (Wildman–Crippen LogP) is 0.106. The smallest absolute Gasteiger partial charge is 0.325 e. The minimum Gasteiger partial charge on any atom is -0.480 e. The number of nitrogens with one attached hydrogen (secondary N) is 1. The summed E-state index contributed by atoms with van der Waals surface area (Å²) < 4.78 is 21.1. The number of nitrogens with two attached hydrogens (primary N) is 1. The summed E-state index contributed by atoms with van der Waals surface area (Å²) in [4.78, 5) is 42.3. The number of hydrogen-bond donors (Lipinski definition) is 2. The highest BCUT2D eigenvalue weighted by molar-refractivity contribution is 6.08. The predicted molar refractivity (Wildman–Crippen MR) is 88.8 cm³/mol. The quantitative estimate of drug-likeness (QED) is 0.737.